The second kappa shape index (κ2) is 4.71. The number of rotatable bonds is 3. The molecule has 3 rings (SSSR count). The van der Waals surface area contributed by atoms with Crippen molar-refractivity contribution in [1.82, 2.24) is 19.6 Å². The van der Waals surface area contributed by atoms with Gasteiger partial charge in [0.25, 0.3) is 0 Å². The number of para-hydroxylation sites is 1. The molecule has 8 heteroatoms. The molecule has 20 heavy (non-hydrogen) atoms. The zero-order valence-corrected chi connectivity index (χ0v) is 12.1. The predicted octanol–water partition coefficient (Wildman–Crippen LogP) is 2.49. The van der Waals surface area contributed by atoms with Gasteiger partial charge in [0.1, 0.15) is 11.0 Å². The van der Waals surface area contributed by atoms with Crippen molar-refractivity contribution >= 4 is 32.7 Å². The molecule has 0 unspecified atom stereocenters. The Morgan fingerprint density at radius 3 is 2.80 bits per heavy atom. The molecule has 0 fully saturated rings. The molecule has 7 nitrogen and oxygen atoms in total. The van der Waals surface area contributed by atoms with Crippen LogP contribution in [0.1, 0.15) is 5.69 Å². The lowest BCUT2D eigenvalue weighted by molar-refractivity contribution is -0.390. The van der Waals surface area contributed by atoms with E-state index in [0.717, 1.165) is 16.6 Å². The Kier molecular flexibility index (Phi) is 3.01. The third kappa shape index (κ3) is 2.07. The first-order valence-electron chi connectivity index (χ1n) is 5.84. The van der Waals surface area contributed by atoms with Crippen LogP contribution in [0.15, 0.2) is 34.9 Å². The lowest BCUT2D eigenvalue weighted by Crippen LogP contribution is -2.03. The molecule has 0 radical (unpaired) electrons. The maximum absolute atomic E-state index is 10.8. The van der Waals surface area contributed by atoms with E-state index >= 15 is 0 Å². The van der Waals surface area contributed by atoms with E-state index < -0.39 is 4.92 Å². The average molecular weight is 336 g/mol. The summed E-state index contributed by atoms with van der Waals surface area (Å²) in [6.45, 7) is 0.383. The summed E-state index contributed by atoms with van der Waals surface area (Å²) in [6, 6.07) is 7.84. The molecule has 0 saturated heterocycles. The highest BCUT2D eigenvalue weighted by Crippen LogP contribution is 2.24. The molecule has 2 heterocycles. The van der Waals surface area contributed by atoms with Crippen molar-refractivity contribution in [2.75, 3.05) is 0 Å². The van der Waals surface area contributed by atoms with Crippen molar-refractivity contribution in [2.45, 2.75) is 6.54 Å². The number of benzene rings is 1. The normalized spacial score (nSPS) is 11.1. The Morgan fingerprint density at radius 1 is 1.35 bits per heavy atom. The number of nitro groups is 1. The SMILES string of the molecule is Cn1nc(Cn2cc(Br)c([N+](=O)[O-])n2)c2ccccc21. The maximum Gasteiger partial charge on any atom is 0.404 e. The van der Waals surface area contributed by atoms with E-state index in [-0.39, 0.29) is 5.82 Å². The van der Waals surface area contributed by atoms with E-state index in [4.69, 9.17) is 0 Å². The second-order valence-electron chi connectivity index (χ2n) is 4.34. The molecule has 3 aromatic rings. The van der Waals surface area contributed by atoms with E-state index in [9.17, 15) is 10.1 Å². The predicted molar refractivity (Wildman–Crippen MR) is 76.4 cm³/mol. The van der Waals surface area contributed by atoms with Gasteiger partial charge in [-0.25, -0.2) is 0 Å². The number of aromatic nitrogens is 4. The van der Waals surface area contributed by atoms with Crippen molar-refractivity contribution in [3.63, 3.8) is 0 Å². The third-order valence-corrected chi connectivity index (χ3v) is 3.58. The summed E-state index contributed by atoms with van der Waals surface area (Å²) in [7, 11) is 1.87. The fourth-order valence-electron chi connectivity index (χ4n) is 2.15. The summed E-state index contributed by atoms with van der Waals surface area (Å²) < 4.78 is 3.66. The Morgan fingerprint density at radius 2 is 2.10 bits per heavy atom. The number of fused-ring (bicyclic) bond motifs is 1. The maximum atomic E-state index is 10.8. The number of halogens is 1. The van der Waals surface area contributed by atoms with Gasteiger partial charge in [-0.3, -0.25) is 4.68 Å². The molecule has 0 aliphatic heterocycles. The summed E-state index contributed by atoms with van der Waals surface area (Å²) in [5.74, 6) is -0.190. The van der Waals surface area contributed by atoms with Gasteiger partial charge in [0.2, 0.25) is 0 Å². The van der Waals surface area contributed by atoms with Gasteiger partial charge >= 0.3 is 5.82 Å². The lowest BCUT2D eigenvalue weighted by Gasteiger charge is -1.94. The van der Waals surface area contributed by atoms with Crippen LogP contribution in [0.2, 0.25) is 0 Å². The fraction of sp³-hybridized carbons (Fsp3) is 0.167. The smallest absolute Gasteiger partial charge is 0.358 e. The molecule has 0 saturated carbocycles. The zero-order valence-electron chi connectivity index (χ0n) is 10.5. The number of hydrogen-bond donors (Lipinski definition) is 0. The van der Waals surface area contributed by atoms with Gasteiger partial charge in [-0.05, 0) is 26.9 Å². The molecule has 0 amide bonds. The first-order valence-corrected chi connectivity index (χ1v) is 6.63. The van der Waals surface area contributed by atoms with E-state index in [0.29, 0.717) is 11.0 Å². The largest absolute Gasteiger partial charge is 0.404 e. The van der Waals surface area contributed by atoms with Crippen LogP contribution in [0, 0.1) is 10.1 Å². The first-order chi connectivity index (χ1) is 9.56. The van der Waals surface area contributed by atoms with Crippen LogP contribution in [0.5, 0.6) is 0 Å². The van der Waals surface area contributed by atoms with Crippen molar-refractivity contribution < 1.29 is 4.92 Å². The highest BCUT2D eigenvalue weighted by molar-refractivity contribution is 9.10. The Balaban J connectivity index is 2.01. The van der Waals surface area contributed by atoms with Crippen LogP contribution in [-0.2, 0) is 13.6 Å². The van der Waals surface area contributed by atoms with Crippen molar-refractivity contribution in [3.05, 3.63) is 50.7 Å². The number of hydrogen-bond acceptors (Lipinski definition) is 4. The minimum atomic E-state index is -0.517. The molecular formula is C12H10BrN5O2. The average Bonchev–Trinajstić information content (AvgIpc) is 2.92. The summed E-state index contributed by atoms with van der Waals surface area (Å²) >= 11 is 3.14. The third-order valence-electron chi connectivity index (χ3n) is 3.02. The summed E-state index contributed by atoms with van der Waals surface area (Å²) in [4.78, 5) is 10.3. The van der Waals surface area contributed by atoms with Gasteiger partial charge in [0.05, 0.1) is 22.5 Å². The molecule has 0 atom stereocenters. The molecule has 0 aliphatic carbocycles. The number of nitrogens with zero attached hydrogens (tertiary/aromatic N) is 5. The lowest BCUT2D eigenvalue weighted by atomic mass is 10.2. The van der Waals surface area contributed by atoms with E-state index in [1.54, 1.807) is 10.9 Å². The zero-order chi connectivity index (χ0) is 14.3. The molecule has 0 spiro atoms. The van der Waals surface area contributed by atoms with Crippen LogP contribution in [0.4, 0.5) is 5.82 Å². The molecular weight excluding hydrogens is 326 g/mol. The van der Waals surface area contributed by atoms with Crippen LogP contribution >= 0.6 is 15.9 Å². The Hall–Kier alpha value is -2.22. The minimum Gasteiger partial charge on any atom is -0.358 e. The summed E-state index contributed by atoms with van der Waals surface area (Å²) in [5, 5.41) is 20.2. The second-order valence-corrected chi connectivity index (χ2v) is 5.20. The van der Waals surface area contributed by atoms with Gasteiger partial charge in [-0.2, -0.15) is 9.78 Å². The van der Waals surface area contributed by atoms with Crippen molar-refractivity contribution in [1.29, 1.82) is 0 Å². The van der Waals surface area contributed by atoms with Gasteiger partial charge in [0.15, 0.2) is 0 Å². The monoisotopic (exact) mass is 335 g/mol. The Bertz CT molecular complexity index is 807. The van der Waals surface area contributed by atoms with Gasteiger partial charge in [0, 0.05) is 12.4 Å². The molecule has 0 N–H and O–H groups in total. The standard InChI is InChI=1S/C12H10BrN5O2/c1-16-11-5-3-2-4-8(11)10(14-16)7-17-6-9(13)12(15-17)18(19)20/h2-6H,7H2,1H3. The molecule has 0 aliphatic rings. The van der Waals surface area contributed by atoms with Gasteiger partial charge < -0.3 is 10.1 Å². The fourth-order valence-corrected chi connectivity index (χ4v) is 2.61. The van der Waals surface area contributed by atoms with Crippen molar-refractivity contribution in [3.8, 4) is 0 Å². The van der Waals surface area contributed by atoms with Crippen LogP contribution in [-0.4, -0.2) is 24.5 Å². The van der Waals surface area contributed by atoms with E-state index in [1.165, 1.54) is 4.68 Å². The Labute approximate surface area is 122 Å². The summed E-state index contributed by atoms with van der Waals surface area (Å²) in [6.07, 6.45) is 1.58. The van der Waals surface area contributed by atoms with Gasteiger partial charge in [-0.15, -0.1) is 0 Å². The van der Waals surface area contributed by atoms with Crippen LogP contribution < -0.4 is 0 Å². The highest BCUT2D eigenvalue weighted by atomic mass is 79.9. The molecule has 2 aromatic heterocycles. The summed E-state index contributed by atoms with van der Waals surface area (Å²) in [5.41, 5.74) is 1.84. The number of aryl methyl sites for hydroxylation is 1. The van der Waals surface area contributed by atoms with E-state index in [2.05, 4.69) is 26.1 Å². The molecule has 102 valence electrons. The van der Waals surface area contributed by atoms with Crippen molar-refractivity contribution in [2.24, 2.45) is 7.05 Å². The molecule has 1 aromatic carbocycles. The van der Waals surface area contributed by atoms with Crippen LogP contribution in [0.25, 0.3) is 10.9 Å². The topological polar surface area (TPSA) is 78.8 Å². The van der Waals surface area contributed by atoms with E-state index in [1.807, 2.05) is 31.3 Å². The first kappa shape index (κ1) is 12.8. The molecule has 0 bridgehead atoms. The van der Waals surface area contributed by atoms with Gasteiger partial charge in [-0.1, -0.05) is 18.2 Å². The quantitative estimate of drug-likeness (QED) is 0.544. The minimum absolute atomic E-state index is 0.190. The highest BCUT2D eigenvalue weighted by Gasteiger charge is 2.20. The van der Waals surface area contributed by atoms with Crippen LogP contribution in [0.3, 0.4) is 0 Å².